The number of rotatable bonds is 5. The highest BCUT2D eigenvalue weighted by Gasteiger charge is 2.40. The summed E-state index contributed by atoms with van der Waals surface area (Å²) in [6.45, 7) is 2.97. The summed E-state index contributed by atoms with van der Waals surface area (Å²) in [7, 11) is 0. The number of ether oxygens (including phenoxy) is 1. The van der Waals surface area contributed by atoms with Gasteiger partial charge in [0, 0.05) is 13.2 Å². The van der Waals surface area contributed by atoms with Gasteiger partial charge in [0.2, 0.25) is 5.91 Å². The summed E-state index contributed by atoms with van der Waals surface area (Å²) in [6.07, 6.45) is -4.42. The van der Waals surface area contributed by atoms with Crippen LogP contribution < -0.4 is 0 Å². The Balaban J connectivity index is 2.26. The molecule has 0 aliphatic carbocycles. The minimum Gasteiger partial charge on any atom is -0.380 e. The Hall–Kier alpha value is -1.21. The predicted molar refractivity (Wildman–Crippen MR) is 74.8 cm³/mol. The monoisotopic (exact) mass is 319 g/mol. The van der Waals surface area contributed by atoms with Crippen molar-refractivity contribution in [2.24, 2.45) is 0 Å². The number of benzene rings is 1. The van der Waals surface area contributed by atoms with Crippen LogP contribution in [0.4, 0.5) is 13.2 Å². The van der Waals surface area contributed by atoms with Crippen LogP contribution in [0.2, 0.25) is 0 Å². The van der Waals surface area contributed by atoms with Crippen LogP contribution in [-0.2, 0) is 15.7 Å². The quantitative estimate of drug-likeness (QED) is 0.780. The Morgan fingerprint density at radius 1 is 1.38 bits per heavy atom. The normalized spacial score (nSPS) is 19.3. The van der Waals surface area contributed by atoms with Gasteiger partial charge in [-0.15, -0.1) is 11.8 Å². The number of thioether (sulfide) groups is 1. The molecule has 3 nitrogen and oxygen atoms in total. The van der Waals surface area contributed by atoms with Crippen molar-refractivity contribution in [3.63, 3.8) is 0 Å². The van der Waals surface area contributed by atoms with Crippen LogP contribution in [0.15, 0.2) is 24.3 Å². The van der Waals surface area contributed by atoms with E-state index in [-0.39, 0.29) is 17.2 Å². The van der Waals surface area contributed by atoms with Gasteiger partial charge >= 0.3 is 6.18 Å². The molecule has 1 saturated heterocycles. The molecule has 2 rings (SSSR count). The second-order valence-corrected chi connectivity index (χ2v) is 5.60. The highest BCUT2D eigenvalue weighted by Crippen LogP contribution is 2.43. The first-order valence-electron chi connectivity index (χ1n) is 6.60. The number of carbonyl (C=O) groups excluding carboxylic acids is 1. The molecule has 116 valence electrons. The number of halogens is 3. The van der Waals surface area contributed by atoms with Crippen molar-refractivity contribution in [3.05, 3.63) is 35.4 Å². The molecule has 0 radical (unpaired) electrons. The van der Waals surface area contributed by atoms with Crippen molar-refractivity contribution in [2.45, 2.75) is 18.5 Å². The van der Waals surface area contributed by atoms with E-state index in [2.05, 4.69) is 0 Å². The molecule has 0 saturated carbocycles. The van der Waals surface area contributed by atoms with Crippen molar-refractivity contribution in [1.29, 1.82) is 0 Å². The van der Waals surface area contributed by atoms with Crippen molar-refractivity contribution in [2.75, 3.05) is 25.5 Å². The maximum atomic E-state index is 13.1. The highest BCUT2D eigenvalue weighted by molar-refractivity contribution is 8.00. The van der Waals surface area contributed by atoms with Crippen LogP contribution in [0.25, 0.3) is 0 Å². The second kappa shape index (κ2) is 6.70. The number of hydrogen-bond acceptors (Lipinski definition) is 3. The van der Waals surface area contributed by atoms with Crippen LogP contribution in [0, 0.1) is 0 Å². The molecule has 1 aromatic carbocycles. The average molecular weight is 319 g/mol. The van der Waals surface area contributed by atoms with E-state index in [9.17, 15) is 18.0 Å². The topological polar surface area (TPSA) is 29.5 Å². The number of nitrogens with zero attached hydrogens (tertiary/aromatic N) is 1. The van der Waals surface area contributed by atoms with E-state index in [1.54, 1.807) is 6.07 Å². The van der Waals surface area contributed by atoms with Gasteiger partial charge in [-0.05, 0) is 18.6 Å². The molecule has 1 unspecified atom stereocenters. The van der Waals surface area contributed by atoms with E-state index in [0.29, 0.717) is 19.8 Å². The standard InChI is InChI=1S/C14H16F3NO2S/c1-2-20-8-7-18-12(19)9-21-13(18)10-5-3-4-6-11(10)14(15,16)17/h3-6,13H,2,7-9H2,1H3. The maximum Gasteiger partial charge on any atom is 0.416 e. The van der Waals surface area contributed by atoms with Crippen LogP contribution >= 0.6 is 11.8 Å². The number of hydrogen-bond donors (Lipinski definition) is 0. The zero-order valence-electron chi connectivity index (χ0n) is 11.5. The third-order valence-electron chi connectivity index (χ3n) is 3.18. The SMILES string of the molecule is CCOCCN1C(=O)CSC1c1ccccc1C(F)(F)F. The van der Waals surface area contributed by atoms with E-state index in [0.717, 1.165) is 6.07 Å². The highest BCUT2D eigenvalue weighted by atomic mass is 32.2. The Kier molecular flexibility index (Phi) is 5.16. The van der Waals surface area contributed by atoms with Gasteiger partial charge in [-0.1, -0.05) is 18.2 Å². The zero-order chi connectivity index (χ0) is 15.5. The first kappa shape index (κ1) is 16.2. The lowest BCUT2D eigenvalue weighted by molar-refractivity contribution is -0.139. The lowest BCUT2D eigenvalue weighted by Gasteiger charge is -2.26. The first-order chi connectivity index (χ1) is 9.95. The van der Waals surface area contributed by atoms with Gasteiger partial charge in [-0.2, -0.15) is 13.2 Å². The second-order valence-electron chi connectivity index (χ2n) is 4.53. The fraction of sp³-hybridized carbons (Fsp3) is 0.500. The lowest BCUT2D eigenvalue weighted by atomic mass is 10.1. The fourth-order valence-electron chi connectivity index (χ4n) is 2.23. The van der Waals surface area contributed by atoms with Crippen molar-refractivity contribution < 1.29 is 22.7 Å². The van der Waals surface area contributed by atoms with E-state index < -0.39 is 17.1 Å². The summed E-state index contributed by atoms with van der Waals surface area (Å²) in [6, 6.07) is 5.42. The minimum atomic E-state index is -4.42. The molecule has 1 atom stereocenters. The van der Waals surface area contributed by atoms with E-state index in [4.69, 9.17) is 4.74 Å². The Morgan fingerprint density at radius 3 is 2.76 bits per heavy atom. The molecule has 0 bridgehead atoms. The molecule has 7 heteroatoms. The molecule has 21 heavy (non-hydrogen) atoms. The smallest absolute Gasteiger partial charge is 0.380 e. The lowest BCUT2D eigenvalue weighted by Crippen LogP contribution is -2.32. The van der Waals surface area contributed by atoms with Gasteiger partial charge in [-0.3, -0.25) is 4.79 Å². The summed E-state index contributed by atoms with van der Waals surface area (Å²) in [5.74, 6) is 0.0462. The summed E-state index contributed by atoms with van der Waals surface area (Å²) in [4.78, 5) is 13.3. The molecule has 1 aliphatic heterocycles. The molecule has 1 amide bonds. The molecular formula is C14H16F3NO2S. The third kappa shape index (κ3) is 3.71. The van der Waals surface area contributed by atoms with Gasteiger partial charge in [-0.25, -0.2) is 0 Å². The molecule has 0 spiro atoms. The van der Waals surface area contributed by atoms with Gasteiger partial charge in [0.05, 0.1) is 17.9 Å². The summed E-state index contributed by atoms with van der Waals surface area (Å²) >= 11 is 1.22. The molecule has 1 aliphatic rings. The van der Waals surface area contributed by atoms with Crippen molar-refractivity contribution in [1.82, 2.24) is 4.90 Å². The van der Waals surface area contributed by atoms with Crippen LogP contribution in [0.5, 0.6) is 0 Å². The maximum absolute atomic E-state index is 13.1. The van der Waals surface area contributed by atoms with Crippen LogP contribution in [0.1, 0.15) is 23.4 Å². The van der Waals surface area contributed by atoms with Gasteiger partial charge < -0.3 is 9.64 Å². The fourth-order valence-corrected chi connectivity index (χ4v) is 3.49. The van der Waals surface area contributed by atoms with E-state index in [1.807, 2.05) is 6.92 Å². The summed E-state index contributed by atoms with van der Waals surface area (Å²) in [5.41, 5.74) is -0.545. The molecular weight excluding hydrogens is 303 g/mol. The number of alkyl halides is 3. The Labute approximate surface area is 125 Å². The largest absolute Gasteiger partial charge is 0.416 e. The molecule has 1 heterocycles. The third-order valence-corrected chi connectivity index (χ3v) is 4.42. The summed E-state index contributed by atoms with van der Waals surface area (Å²) in [5, 5.41) is -0.601. The molecule has 0 N–H and O–H groups in total. The van der Waals surface area contributed by atoms with Gasteiger partial charge in [0.15, 0.2) is 0 Å². The Bertz CT molecular complexity index is 507. The van der Waals surface area contributed by atoms with Crippen molar-refractivity contribution >= 4 is 17.7 Å². The van der Waals surface area contributed by atoms with E-state index >= 15 is 0 Å². The van der Waals surface area contributed by atoms with Crippen LogP contribution in [-0.4, -0.2) is 36.3 Å². The van der Waals surface area contributed by atoms with E-state index in [1.165, 1.54) is 28.8 Å². The average Bonchev–Trinajstić information content (AvgIpc) is 2.80. The van der Waals surface area contributed by atoms with Gasteiger partial charge in [0.25, 0.3) is 0 Å². The number of carbonyl (C=O) groups is 1. The number of amides is 1. The van der Waals surface area contributed by atoms with Gasteiger partial charge in [0.1, 0.15) is 5.37 Å². The van der Waals surface area contributed by atoms with Crippen LogP contribution in [0.3, 0.4) is 0 Å². The van der Waals surface area contributed by atoms with Crippen molar-refractivity contribution in [3.8, 4) is 0 Å². The molecule has 1 fully saturated rings. The Morgan fingerprint density at radius 2 is 2.10 bits per heavy atom. The predicted octanol–water partition coefficient (Wildman–Crippen LogP) is 3.32. The molecule has 1 aromatic rings. The minimum absolute atomic E-state index is 0.136. The first-order valence-corrected chi connectivity index (χ1v) is 7.65. The summed E-state index contributed by atoms with van der Waals surface area (Å²) < 4.78 is 44.5. The molecule has 0 aromatic heterocycles. The zero-order valence-corrected chi connectivity index (χ0v) is 12.3.